The van der Waals surface area contributed by atoms with Gasteiger partial charge in [-0.25, -0.2) is 14.8 Å². The molecule has 27 heavy (non-hydrogen) atoms. The molecule has 1 N–H and O–H groups in total. The maximum Gasteiger partial charge on any atom is 0.321 e. The Bertz CT molecular complexity index is 952. The lowest BCUT2D eigenvalue weighted by molar-refractivity contribution is 0.220. The third-order valence-electron chi connectivity index (χ3n) is 3.68. The standard InChI is InChI=1S/C20H17N5O2/c1-25(14-16-5-2-4-15(12-16)13-21)20(26)24-17-6-8-18(9-7-17)27-19-22-10-3-11-23-19/h2-12H,14H2,1H3,(H,24,26). The van der Waals surface area contributed by atoms with Gasteiger partial charge in [0.2, 0.25) is 0 Å². The summed E-state index contributed by atoms with van der Waals surface area (Å²) in [5.41, 5.74) is 2.09. The largest absolute Gasteiger partial charge is 0.424 e. The van der Waals surface area contributed by atoms with Crippen molar-refractivity contribution < 1.29 is 9.53 Å². The molecule has 3 rings (SSSR count). The van der Waals surface area contributed by atoms with E-state index >= 15 is 0 Å². The van der Waals surface area contributed by atoms with Crippen LogP contribution in [0.3, 0.4) is 0 Å². The molecule has 1 heterocycles. The highest BCUT2D eigenvalue weighted by molar-refractivity contribution is 5.89. The first-order valence-corrected chi connectivity index (χ1v) is 8.20. The van der Waals surface area contributed by atoms with Gasteiger partial charge in [-0.3, -0.25) is 0 Å². The summed E-state index contributed by atoms with van der Waals surface area (Å²) in [4.78, 5) is 21.9. The summed E-state index contributed by atoms with van der Waals surface area (Å²) in [7, 11) is 1.69. The van der Waals surface area contributed by atoms with Crippen LogP contribution in [0.15, 0.2) is 67.0 Å². The normalized spacial score (nSPS) is 9.93. The van der Waals surface area contributed by atoms with Crippen molar-refractivity contribution in [3.8, 4) is 17.8 Å². The number of benzene rings is 2. The van der Waals surface area contributed by atoms with Gasteiger partial charge in [0.1, 0.15) is 5.75 Å². The molecular weight excluding hydrogens is 342 g/mol. The highest BCUT2D eigenvalue weighted by Crippen LogP contribution is 2.20. The number of aromatic nitrogens is 2. The molecule has 0 aliphatic heterocycles. The molecule has 7 nitrogen and oxygen atoms in total. The molecule has 0 bridgehead atoms. The molecule has 0 spiro atoms. The molecule has 2 amide bonds. The third kappa shape index (κ3) is 5.03. The number of anilines is 1. The summed E-state index contributed by atoms with van der Waals surface area (Å²) in [5, 5.41) is 11.8. The van der Waals surface area contributed by atoms with Crippen molar-refractivity contribution >= 4 is 11.7 Å². The number of nitrogens with one attached hydrogen (secondary N) is 1. The molecule has 1 aromatic heterocycles. The van der Waals surface area contributed by atoms with Crippen molar-refractivity contribution in [1.29, 1.82) is 5.26 Å². The molecule has 2 aromatic carbocycles. The number of hydrogen-bond acceptors (Lipinski definition) is 5. The Labute approximate surface area is 156 Å². The molecule has 0 fully saturated rings. The Kier molecular flexibility index (Phi) is 5.60. The SMILES string of the molecule is CN(Cc1cccc(C#N)c1)C(=O)Nc1ccc(Oc2ncccn2)cc1. The second kappa shape index (κ2) is 8.45. The minimum Gasteiger partial charge on any atom is -0.424 e. The predicted octanol–water partition coefficient (Wildman–Crippen LogP) is 3.80. The van der Waals surface area contributed by atoms with Crippen LogP contribution in [0.1, 0.15) is 11.1 Å². The van der Waals surface area contributed by atoms with E-state index in [1.165, 1.54) is 0 Å². The fourth-order valence-corrected chi connectivity index (χ4v) is 2.35. The predicted molar refractivity (Wildman–Crippen MR) is 100 cm³/mol. The summed E-state index contributed by atoms with van der Waals surface area (Å²) in [6, 6.07) is 17.9. The Hall–Kier alpha value is -3.92. The molecular formula is C20H17N5O2. The summed E-state index contributed by atoms with van der Waals surface area (Å²) in [5.74, 6) is 0.570. The van der Waals surface area contributed by atoms with Gasteiger partial charge in [-0.2, -0.15) is 5.26 Å². The minimum atomic E-state index is -0.252. The van der Waals surface area contributed by atoms with Crippen molar-refractivity contribution in [2.45, 2.75) is 6.54 Å². The zero-order chi connectivity index (χ0) is 19.1. The molecule has 0 unspecified atom stereocenters. The summed E-state index contributed by atoms with van der Waals surface area (Å²) < 4.78 is 5.51. The fraction of sp³-hybridized carbons (Fsp3) is 0.100. The van der Waals surface area contributed by atoms with E-state index in [4.69, 9.17) is 10.00 Å². The fourth-order valence-electron chi connectivity index (χ4n) is 2.35. The molecule has 7 heteroatoms. The maximum atomic E-state index is 12.3. The second-order valence-corrected chi connectivity index (χ2v) is 5.76. The molecule has 0 atom stereocenters. The van der Waals surface area contributed by atoms with Crippen molar-refractivity contribution in [3.05, 3.63) is 78.1 Å². The number of hydrogen-bond donors (Lipinski definition) is 1. The van der Waals surface area contributed by atoms with E-state index in [2.05, 4.69) is 21.4 Å². The topological polar surface area (TPSA) is 91.1 Å². The Morgan fingerprint density at radius 1 is 1.15 bits per heavy atom. The van der Waals surface area contributed by atoms with Crippen LogP contribution in [-0.2, 0) is 6.54 Å². The average molecular weight is 359 g/mol. The van der Waals surface area contributed by atoms with Crippen LogP contribution in [0.4, 0.5) is 10.5 Å². The van der Waals surface area contributed by atoms with E-state index in [1.807, 2.05) is 6.07 Å². The molecule has 134 valence electrons. The van der Waals surface area contributed by atoms with Crippen LogP contribution in [-0.4, -0.2) is 27.9 Å². The number of urea groups is 1. The van der Waals surface area contributed by atoms with Gasteiger partial charge in [-0.05, 0) is 48.0 Å². The van der Waals surface area contributed by atoms with Crippen LogP contribution in [0.2, 0.25) is 0 Å². The first-order chi connectivity index (χ1) is 13.1. The summed E-state index contributed by atoms with van der Waals surface area (Å²) in [6.45, 7) is 0.397. The lowest BCUT2D eigenvalue weighted by Gasteiger charge is -2.18. The Morgan fingerprint density at radius 3 is 2.59 bits per heavy atom. The lowest BCUT2D eigenvalue weighted by atomic mass is 10.1. The van der Waals surface area contributed by atoms with Gasteiger partial charge in [0.05, 0.1) is 11.6 Å². The van der Waals surface area contributed by atoms with Gasteiger partial charge in [-0.1, -0.05) is 12.1 Å². The molecule has 0 saturated carbocycles. The number of rotatable bonds is 5. The molecule has 0 aliphatic carbocycles. The second-order valence-electron chi connectivity index (χ2n) is 5.76. The van der Waals surface area contributed by atoms with Crippen molar-refractivity contribution in [1.82, 2.24) is 14.9 Å². The van der Waals surface area contributed by atoms with Crippen LogP contribution in [0.5, 0.6) is 11.8 Å². The smallest absolute Gasteiger partial charge is 0.321 e. The van der Waals surface area contributed by atoms with E-state index in [1.54, 1.807) is 72.9 Å². The third-order valence-corrected chi connectivity index (χ3v) is 3.68. The van der Waals surface area contributed by atoms with E-state index in [-0.39, 0.29) is 12.0 Å². The van der Waals surface area contributed by atoms with E-state index in [0.717, 1.165) is 5.56 Å². The minimum absolute atomic E-state index is 0.252. The maximum absolute atomic E-state index is 12.3. The number of ether oxygens (including phenoxy) is 1. The number of carbonyl (C=O) groups is 1. The van der Waals surface area contributed by atoms with E-state index in [9.17, 15) is 4.79 Å². The first kappa shape index (κ1) is 17.9. The summed E-state index contributed by atoms with van der Waals surface area (Å²) in [6.07, 6.45) is 3.19. The van der Waals surface area contributed by atoms with Crippen LogP contribution in [0.25, 0.3) is 0 Å². The van der Waals surface area contributed by atoms with E-state index < -0.39 is 0 Å². The molecule has 0 saturated heterocycles. The molecule has 0 aliphatic rings. The molecule has 3 aromatic rings. The monoisotopic (exact) mass is 359 g/mol. The van der Waals surface area contributed by atoms with Gasteiger partial charge in [0.15, 0.2) is 0 Å². The highest BCUT2D eigenvalue weighted by Gasteiger charge is 2.10. The van der Waals surface area contributed by atoms with Crippen molar-refractivity contribution in [2.75, 3.05) is 12.4 Å². The zero-order valence-corrected chi connectivity index (χ0v) is 14.7. The molecule has 0 radical (unpaired) electrons. The van der Waals surface area contributed by atoms with Gasteiger partial charge in [-0.15, -0.1) is 0 Å². The average Bonchev–Trinajstić information content (AvgIpc) is 2.70. The Balaban J connectivity index is 1.57. The highest BCUT2D eigenvalue weighted by atomic mass is 16.5. The van der Waals surface area contributed by atoms with Gasteiger partial charge in [0, 0.05) is 31.7 Å². The number of nitriles is 1. The lowest BCUT2D eigenvalue weighted by Crippen LogP contribution is -2.30. The van der Waals surface area contributed by atoms with Crippen LogP contribution in [0, 0.1) is 11.3 Å². The number of carbonyl (C=O) groups excluding carboxylic acids is 1. The number of amides is 2. The first-order valence-electron chi connectivity index (χ1n) is 8.20. The van der Waals surface area contributed by atoms with Gasteiger partial charge >= 0.3 is 12.0 Å². The van der Waals surface area contributed by atoms with Gasteiger partial charge < -0.3 is 15.0 Å². The van der Waals surface area contributed by atoms with Crippen molar-refractivity contribution in [3.63, 3.8) is 0 Å². The van der Waals surface area contributed by atoms with E-state index in [0.29, 0.717) is 23.5 Å². The van der Waals surface area contributed by atoms with Crippen molar-refractivity contribution in [2.24, 2.45) is 0 Å². The quantitative estimate of drug-likeness (QED) is 0.748. The Morgan fingerprint density at radius 2 is 1.89 bits per heavy atom. The van der Waals surface area contributed by atoms with Crippen LogP contribution < -0.4 is 10.1 Å². The zero-order valence-electron chi connectivity index (χ0n) is 14.7. The van der Waals surface area contributed by atoms with Crippen LogP contribution >= 0.6 is 0 Å². The number of nitrogens with zero attached hydrogens (tertiary/aromatic N) is 4. The van der Waals surface area contributed by atoms with Gasteiger partial charge in [0.25, 0.3) is 0 Å². The summed E-state index contributed by atoms with van der Waals surface area (Å²) >= 11 is 0.